The normalized spacial score (nSPS) is 30.8. The first kappa shape index (κ1) is 16.2. The SMILES string of the molecule is CC1=CCC[C@@]2(C)CC[C@H](C(=O)/C=C/c3ccc(C)cc3)C[C@H]12. The van der Waals surface area contributed by atoms with Crippen LogP contribution in [0.2, 0.25) is 0 Å². The van der Waals surface area contributed by atoms with E-state index in [0.717, 1.165) is 18.4 Å². The molecule has 0 aliphatic heterocycles. The molecule has 0 aromatic heterocycles. The summed E-state index contributed by atoms with van der Waals surface area (Å²) in [4.78, 5) is 12.6. The maximum Gasteiger partial charge on any atom is 0.158 e. The number of allylic oxidation sites excluding steroid dienone is 3. The van der Waals surface area contributed by atoms with Crippen molar-refractivity contribution in [3.05, 3.63) is 53.1 Å². The minimum atomic E-state index is 0.205. The van der Waals surface area contributed by atoms with Crippen LogP contribution in [0.4, 0.5) is 0 Å². The van der Waals surface area contributed by atoms with Crippen LogP contribution in [0.15, 0.2) is 42.0 Å². The average Bonchev–Trinajstić information content (AvgIpc) is 2.54. The van der Waals surface area contributed by atoms with Crippen LogP contribution in [0.25, 0.3) is 6.08 Å². The van der Waals surface area contributed by atoms with E-state index in [-0.39, 0.29) is 5.92 Å². The third-order valence-electron chi connectivity index (χ3n) is 6.08. The van der Waals surface area contributed by atoms with Crippen LogP contribution >= 0.6 is 0 Å². The van der Waals surface area contributed by atoms with Crippen molar-refractivity contribution in [1.29, 1.82) is 0 Å². The number of aryl methyl sites for hydroxylation is 1. The summed E-state index contributed by atoms with van der Waals surface area (Å²) in [6.45, 7) is 6.77. The van der Waals surface area contributed by atoms with Gasteiger partial charge >= 0.3 is 0 Å². The highest BCUT2D eigenvalue weighted by atomic mass is 16.1. The predicted molar refractivity (Wildman–Crippen MR) is 97.1 cm³/mol. The van der Waals surface area contributed by atoms with Crippen molar-refractivity contribution in [1.82, 2.24) is 0 Å². The molecule has 23 heavy (non-hydrogen) atoms. The van der Waals surface area contributed by atoms with Gasteiger partial charge in [-0.15, -0.1) is 0 Å². The van der Waals surface area contributed by atoms with Crippen LogP contribution in [0.5, 0.6) is 0 Å². The zero-order valence-corrected chi connectivity index (χ0v) is 14.6. The number of rotatable bonds is 3. The Hall–Kier alpha value is -1.63. The summed E-state index contributed by atoms with van der Waals surface area (Å²) in [6, 6.07) is 8.33. The highest BCUT2D eigenvalue weighted by molar-refractivity contribution is 5.95. The van der Waals surface area contributed by atoms with Gasteiger partial charge < -0.3 is 0 Å². The minimum Gasteiger partial charge on any atom is -0.295 e. The van der Waals surface area contributed by atoms with Crippen molar-refractivity contribution >= 4 is 11.9 Å². The molecule has 0 bridgehead atoms. The van der Waals surface area contributed by atoms with Crippen LogP contribution in [0.1, 0.15) is 57.1 Å². The Labute approximate surface area is 140 Å². The average molecular weight is 308 g/mol. The van der Waals surface area contributed by atoms with Crippen molar-refractivity contribution in [2.75, 3.05) is 0 Å². The van der Waals surface area contributed by atoms with Crippen molar-refractivity contribution in [3.8, 4) is 0 Å². The maximum absolute atomic E-state index is 12.6. The van der Waals surface area contributed by atoms with Crippen molar-refractivity contribution in [2.45, 2.75) is 52.9 Å². The van der Waals surface area contributed by atoms with Crippen molar-refractivity contribution in [3.63, 3.8) is 0 Å². The van der Waals surface area contributed by atoms with Gasteiger partial charge in [-0.2, -0.15) is 0 Å². The first-order valence-electron chi connectivity index (χ1n) is 8.93. The molecule has 1 aromatic carbocycles. The van der Waals surface area contributed by atoms with E-state index in [2.05, 4.69) is 51.1 Å². The third-order valence-corrected chi connectivity index (χ3v) is 6.08. The topological polar surface area (TPSA) is 17.1 Å². The summed E-state index contributed by atoms with van der Waals surface area (Å²) in [6.07, 6.45) is 11.9. The number of carbonyl (C=O) groups is 1. The number of benzene rings is 1. The van der Waals surface area contributed by atoms with Gasteiger partial charge in [0.25, 0.3) is 0 Å². The van der Waals surface area contributed by atoms with Gasteiger partial charge in [0.05, 0.1) is 0 Å². The van der Waals surface area contributed by atoms with E-state index < -0.39 is 0 Å². The molecule has 0 spiro atoms. The second-order valence-electron chi connectivity index (χ2n) is 7.81. The molecule has 0 amide bonds. The van der Waals surface area contributed by atoms with Crippen molar-refractivity contribution in [2.24, 2.45) is 17.3 Å². The quantitative estimate of drug-likeness (QED) is 0.514. The molecular weight excluding hydrogens is 280 g/mol. The Morgan fingerprint density at radius 2 is 1.91 bits per heavy atom. The van der Waals surface area contributed by atoms with Crippen LogP contribution in [0, 0.1) is 24.2 Å². The second kappa shape index (κ2) is 6.47. The summed E-state index contributed by atoms with van der Waals surface area (Å²) >= 11 is 0. The van der Waals surface area contributed by atoms with E-state index in [1.165, 1.54) is 30.4 Å². The molecule has 1 fully saturated rings. The van der Waals surface area contributed by atoms with E-state index >= 15 is 0 Å². The van der Waals surface area contributed by atoms with Crippen LogP contribution in [-0.4, -0.2) is 5.78 Å². The molecule has 1 heteroatoms. The zero-order valence-electron chi connectivity index (χ0n) is 14.6. The third kappa shape index (κ3) is 3.49. The van der Waals surface area contributed by atoms with Gasteiger partial charge in [-0.3, -0.25) is 4.79 Å². The first-order valence-corrected chi connectivity index (χ1v) is 8.93. The van der Waals surface area contributed by atoms with E-state index in [0.29, 0.717) is 17.1 Å². The van der Waals surface area contributed by atoms with Gasteiger partial charge in [0.15, 0.2) is 5.78 Å². The molecule has 2 aliphatic carbocycles. The van der Waals surface area contributed by atoms with Crippen LogP contribution < -0.4 is 0 Å². The Kier molecular flexibility index (Phi) is 4.57. The summed E-state index contributed by atoms with van der Waals surface area (Å²) in [5.74, 6) is 1.12. The summed E-state index contributed by atoms with van der Waals surface area (Å²) in [7, 11) is 0. The molecule has 2 aliphatic rings. The van der Waals surface area contributed by atoms with Gasteiger partial charge in [0.2, 0.25) is 0 Å². The summed E-state index contributed by atoms with van der Waals surface area (Å²) in [5.41, 5.74) is 4.30. The second-order valence-corrected chi connectivity index (χ2v) is 7.81. The highest BCUT2D eigenvalue weighted by Crippen LogP contribution is 2.52. The Morgan fingerprint density at radius 3 is 2.65 bits per heavy atom. The Bertz CT molecular complexity index is 634. The summed E-state index contributed by atoms with van der Waals surface area (Å²) in [5, 5.41) is 0. The number of ketones is 1. The fraction of sp³-hybridized carbons (Fsp3) is 0.500. The fourth-order valence-electron chi connectivity index (χ4n) is 4.42. The lowest BCUT2D eigenvalue weighted by atomic mass is 9.58. The van der Waals surface area contributed by atoms with Gasteiger partial charge in [-0.1, -0.05) is 54.5 Å². The summed E-state index contributed by atoms with van der Waals surface area (Å²) < 4.78 is 0. The van der Waals surface area contributed by atoms with Gasteiger partial charge in [-0.05, 0) is 68.9 Å². The smallest absolute Gasteiger partial charge is 0.158 e. The number of hydrogen-bond donors (Lipinski definition) is 0. The lowest BCUT2D eigenvalue weighted by Crippen LogP contribution is -2.38. The zero-order chi connectivity index (χ0) is 16.4. The first-order chi connectivity index (χ1) is 11.0. The van der Waals surface area contributed by atoms with E-state index in [4.69, 9.17) is 0 Å². The standard InChI is InChI=1S/C22H28O/c1-16-6-8-18(9-7-16)10-11-21(23)19-12-14-22(3)13-4-5-17(2)20(22)15-19/h5-11,19-20H,4,12-15H2,1-3H3/b11-10+/t19-,20+,22-/m0/s1. The van der Waals surface area contributed by atoms with E-state index in [9.17, 15) is 4.79 Å². The Morgan fingerprint density at radius 1 is 1.17 bits per heavy atom. The molecule has 1 aromatic rings. The molecular formula is C22H28O. The molecule has 0 unspecified atom stereocenters. The number of fused-ring (bicyclic) bond motifs is 1. The fourth-order valence-corrected chi connectivity index (χ4v) is 4.42. The number of hydrogen-bond acceptors (Lipinski definition) is 1. The molecule has 0 saturated heterocycles. The monoisotopic (exact) mass is 308 g/mol. The molecule has 3 atom stereocenters. The molecule has 0 radical (unpaired) electrons. The van der Waals surface area contributed by atoms with Gasteiger partial charge in [-0.25, -0.2) is 0 Å². The molecule has 0 N–H and O–H groups in total. The number of carbonyl (C=O) groups excluding carboxylic acids is 1. The van der Waals surface area contributed by atoms with Crippen LogP contribution in [0.3, 0.4) is 0 Å². The molecule has 3 rings (SSSR count). The Balaban J connectivity index is 1.68. The molecule has 1 nitrogen and oxygen atoms in total. The maximum atomic E-state index is 12.6. The predicted octanol–water partition coefficient (Wildman–Crippen LogP) is 5.74. The van der Waals surface area contributed by atoms with E-state index in [1.54, 1.807) is 6.08 Å². The highest BCUT2D eigenvalue weighted by Gasteiger charge is 2.42. The van der Waals surface area contributed by atoms with Crippen LogP contribution in [-0.2, 0) is 4.79 Å². The lowest BCUT2D eigenvalue weighted by Gasteiger charge is -2.47. The van der Waals surface area contributed by atoms with Gasteiger partial charge in [0, 0.05) is 5.92 Å². The van der Waals surface area contributed by atoms with Gasteiger partial charge in [0.1, 0.15) is 0 Å². The molecule has 0 heterocycles. The largest absolute Gasteiger partial charge is 0.295 e. The lowest BCUT2D eigenvalue weighted by molar-refractivity contribution is -0.120. The van der Waals surface area contributed by atoms with Crippen molar-refractivity contribution < 1.29 is 4.79 Å². The minimum absolute atomic E-state index is 0.205. The molecule has 1 saturated carbocycles. The molecule has 122 valence electrons. The van der Waals surface area contributed by atoms with E-state index in [1.807, 2.05) is 6.08 Å².